The molecule has 0 bridgehead atoms. The number of benzene rings is 1. The zero-order valence-electron chi connectivity index (χ0n) is 14.1. The first-order valence-corrected chi connectivity index (χ1v) is 8.42. The zero-order valence-corrected chi connectivity index (χ0v) is 14.1. The van der Waals surface area contributed by atoms with Crippen LogP contribution in [0.25, 0.3) is 11.4 Å². The molecule has 1 unspecified atom stereocenters. The van der Waals surface area contributed by atoms with Gasteiger partial charge < -0.3 is 14.6 Å². The Kier molecular flexibility index (Phi) is 5.13. The SMILES string of the molecule is COc1ccc(-c2noc(CNC(=O)C(C)C3CCCC3)n2)cc1. The first kappa shape index (κ1) is 16.5. The van der Waals surface area contributed by atoms with E-state index in [1.165, 1.54) is 12.8 Å². The summed E-state index contributed by atoms with van der Waals surface area (Å²) < 4.78 is 10.4. The van der Waals surface area contributed by atoms with Crippen LogP contribution >= 0.6 is 0 Å². The highest BCUT2D eigenvalue weighted by Crippen LogP contribution is 2.31. The van der Waals surface area contributed by atoms with Crippen molar-refractivity contribution in [3.8, 4) is 17.1 Å². The van der Waals surface area contributed by atoms with Crippen LogP contribution in [0, 0.1) is 11.8 Å². The second-order valence-electron chi connectivity index (χ2n) is 6.29. The number of hydrogen-bond donors (Lipinski definition) is 1. The van der Waals surface area contributed by atoms with Gasteiger partial charge in [0, 0.05) is 11.5 Å². The van der Waals surface area contributed by atoms with E-state index in [4.69, 9.17) is 9.26 Å². The molecule has 3 rings (SSSR count). The number of nitrogens with zero attached hydrogens (tertiary/aromatic N) is 2. The topological polar surface area (TPSA) is 77.3 Å². The van der Waals surface area contributed by atoms with Gasteiger partial charge in [-0.15, -0.1) is 0 Å². The van der Waals surface area contributed by atoms with Gasteiger partial charge in [-0.05, 0) is 43.0 Å². The average Bonchev–Trinajstić information content (AvgIpc) is 3.31. The Hall–Kier alpha value is -2.37. The summed E-state index contributed by atoms with van der Waals surface area (Å²) in [7, 11) is 1.62. The first-order chi connectivity index (χ1) is 11.7. The molecule has 1 amide bonds. The maximum Gasteiger partial charge on any atom is 0.246 e. The standard InChI is InChI=1S/C18H23N3O3/c1-12(13-5-3-4-6-13)18(22)19-11-16-20-17(21-24-16)14-7-9-15(23-2)10-8-14/h7-10,12-13H,3-6,11H2,1-2H3,(H,19,22). The second kappa shape index (κ2) is 7.47. The number of ether oxygens (including phenoxy) is 1. The highest BCUT2D eigenvalue weighted by molar-refractivity contribution is 5.78. The van der Waals surface area contributed by atoms with Gasteiger partial charge in [-0.2, -0.15) is 4.98 Å². The molecule has 1 atom stereocenters. The average molecular weight is 329 g/mol. The fraction of sp³-hybridized carbons (Fsp3) is 0.500. The summed E-state index contributed by atoms with van der Waals surface area (Å²) in [4.78, 5) is 16.6. The van der Waals surface area contributed by atoms with Gasteiger partial charge in [0.2, 0.25) is 17.6 Å². The van der Waals surface area contributed by atoms with Crippen molar-refractivity contribution >= 4 is 5.91 Å². The van der Waals surface area contributed by atoms with Crippen LogP contribution in [0.2, 0.25) is 0 Å². The van der Waals surface area contributed by atoms with Gasteiger partial charge in [-0.1, -0.05) is 24.9 Å². The number of carbonyl (C=O) groups is 1. The molecule has 1 N–H and O–H groups in total. The molecule has 6 heteroatoms. The molecule has 1 aromatic carbocycles. The fourth-order valence-electron chi connectivity index (χ4n) is 3.18. The minimum Gasteiger partial charge on any atom is -0.497 e. The molecule has 1 fully saturated rings. The molecule has 0 saturated heterocycles. The molecule has 128 valence electrons. The smallest absolute Gasteiger partial charge is 0.246 e. The summed E-state index contributed by atoms with van der Waals surface area (Å²) >= 11 is 0. The van der Waals surface area contributed by atoms with Crippen LogP contribution in [0.4, 0.5) is 0 Å². The largest absolute Gasteiger partial charge is 0.497 e. The van der Waals surface area contributed by atoms with Crippen LogP contribution in [0.1, 0.15) is 38.5 Å². The molecule has 1 heterocycles. The summed E-state index contributed by atoms with van der Waals surface area (Å²) in [5.41, 5.74) is 0.844. The van der Waals surface area contributed by atoms with Gasteiger partial charge in [0.15, 0.2) is 0 Å². The minimum atomic E-state index is 0.0384. The molecular weight excluding hydrogens is 306 g/mol. The molecule has 1 saturated carbocycles. The molecule has 1 aromatic heterocycles. The van der Waals surface area contributed by atoms with Gasteiger partial charge in [-0.25, -0.2) is 0 Å². The molecule has 6 nitrogen and oxygen atoms in total. The van der Waals surface area contributed by atoms with E-state index >= 15 is 0 Å². The van der Waals surface area contributed by atoms with Gasteiger partial charge in [0.1, 0.15) is 5.75 Å². The van der Waals surface area contributed by atoms with Crippen molar-refractivity contribution in [2.45, 2.75) is 39.2 Å². The van der Waals surface area contributed by atoms with E-state index in [2.05, 4.69) is 15.5 Å². The predicted molar refractivity (Wildman–Crippen MR) is 89.3 cm³/mol. The molecule has 1 aliphatic carbocycles. The Labute approximate surface area is 141 Å². The van der Waals surface area contributed by atoms with E-state index in [0.29, 0.717) is 17.6 Å². The number of methoxy groups -OCH3 is 1. The summed E-state index contributed by atoms with van der Waals surface area (Å²) in [5, 5.41) is 6.87. The van der Waals surface area contributed by atoms with Gasteiger partial charge in [-0.3, -0.25) is 4.79 Å². The van der Waals surface area contributed by atoms with Gasteiger partial charge in [0.05, 0.1) is 13.7 Å². The zero-order chi connectivity index (χ0) is 16.9. The number of carbonyl (C=O) groups excluding carboxylic acids is 1. The van der Waals surface area contributed by atoms with E-state index in [1.807, 2.05) is 31.2 Å². The highest BCUT2D eigenvalue weighted by atomic mass is 16.5. The molecule has 2 aromatic rings. The van der Waals surface area contributed by atoms with E-state index in [0.717, 1.165) is 24.2 Å². The lowest BCUT2D eigenvalue weighted by Crippen LogP contribution is -2.32. The number of nitrogens with one attached hydrogen (secondary N) is 1. The molecule has 0 aliphatic heterocycles. The predicted octanol–water partition coefficient (Wildman–Crippen LogP) is 3.19. The Morgan fingerprint density at radius 1 is 1.33 bits per heavy atom. The number of hydrogen-bond acceptors (Lipinski definition) is 5. The second-order valence-corrected chi connectivity index (χ2v) is 6.29. The van der Waals surface area contributed by atoms with E-state index < -0.39 is 0 Å². The lowest BCUT2D eigenvalue weighted by molar-refractivity contribution is -0.126. The van der Waals surface area contributed by atoms with Crippen molar-refractivity contribution in [1.29, 1.82) is 0 Å². The summed E-state index contributed by atoms with van der Waals surface area (Å²) in [6, 6.07) is 7.43. The van der Waals surface area contributed by atoms with Crippen molar-refractivity contribution in [1.82, 2.24) is 15.5 Å². The van der Waals surface area contributed by atoms with Crippen LogP contribution in [0.3, 0.4) is 0 Å². The maximum atomic E-state index is 12.2. The van der Waals surface area contributed by atoms with Crippen molar-refractivity contribution in [2.75, 3.05) is 7.11 Å². The molecule has 1 aliphatic rings. The van der Waals surface area contributed by atoms with Crippen LogP contribution in [-0.2, 0) is 11.3 Å². The lowest BCUT2D eigenvalue weighted by Gasteiger charge is -2.17. The van der Waals surface area contributed by atoms with E-state index in [1.54, 1.807) is 7.11 Å². The molecule has 0 spiro atoms. The summed E-state index contributed by atoms with van der Waals surface area (Å²) in [6.07, 6.45) is 4.77. The van der Waals surface area contributed by atoms with Gasteiger partial charge in [0.25, 0.3) is 0 Å². The molecular formula is C18H23N3O3. The number of rotatable bonds is 6. The Morgan fingerprint density at radius 2 is 2.04 bits per heavy atom. The van der Waals surface area contributed by atoms with E-state index in [9.17, 15) is 4.79 Å². The summed E-state index contributed by atoms with van der Waals surface area (Å²) in [5.74, 6) is 2.29. The van der Waals surface area contributed by atoms with Crippen molar-refractivity contribution < 1.29 is 14.1 Å². The Morgan fingerprint density at radius 3 is 2.71 bits per heavy atom. The lowest BCUT2D eigenvalue weighted by atomic mass is 9.92. The normalized spacial score (nSPS) is 16.1. The third kappa shape index (κ3) is 3.75. The quantitative estimate of drug-likeness (QED) is 0.880. The van der Waals surface area contributed by atoms with Crippen molar-refractivity contribution in [3.05, 3.63) is 30.2 Å². The Bertz CT molecular complexity index is 675. The molecule has 24 heavy (non-hydrogen) atoms. The van der Waals surface area contributed by atoms with Crippen LogP contribution in [0.5, 0.6) is 5.75 Å². The summed E-state index contributed by atoms with van der Waals surface area (Å²) in [6.45, 7) is 2.26. The van der Waals surface area contributed by atoms with Crippen molar-refractivity contribution in [3.63, 3.8) is 0 Å². The molecule has 0 radical (unpaired) electrons. The first-order valence-electron chi connectivity index (χ1n) is 8.42. The van der Waals surface area contributed by atoms with Crippen molar-refractivity contribution in [2.24, 2.45) is 11.8 Å². The monoisotopic (exact) mass is 329 g/mol. The minimum absolute atomic E-state index is 0.0384. The van der Waals surface area contributed by atoms with E-state index in [-0.39, 0.29) is 18.4 Å². The third-order valence-corrected chi connectivity index (χ3v) is 4.75. The van der Waals surface area contributed by atoms with Crippen LogP contribution in [0.15, 0.2) is 28.8 Å². The number of aromatic nitrogens is 2. The highest BCUT2D eigenvalue weighted by Gasteiger charge is 2.26. The third-order valence-electron chi connectivity index (χ3n) is 4.75. The van der Waals surface area contributed by atoms with Crippen LogP contribution < -0.4 is 10.1 Å². The Balaban J connectivity index is 1.56. The fourth-order valence-corrected chi connectivity index (χ4v) is 3.18. The maximum absolute atomic E-state index is 12.2. The van der Waals surface area contributed by atoms with Gasteiger partial charge >= 0.3 is 0 Å². The van der Waals surface area contributed by atoms with Crippen LogP contribution in [-0.4, -0.2) is 23.2 Å². The number of amides is 1.